The van der Waals surface area contributed by atoms with Gasteiger partial charge in [-0.1, -0.05) is 119 Å². The second-order valence-electron chi connectivity index (χ2n) is 11.1. The molecule has 0 aliphatic heterocycles. The molecule has 0 bridgehead atoms. The number of nitrogens with zero attached hydrogens (tertiary/aromatic N) is 2. The maximum atomic E-state index is 3.86. The molecule has 2 heterocycles. The van der Waals surface area contributed by atoms with Crippen molar-refractivity contribution in [2.24, 2.45) is 0 Å². The monoisotopic (exact) mass is 612 g/mol. The van der Waals surface area contributed by atoms with Crippen LogP contribution in [0.3, 0.4) is 0 Å². The molecule has 6 aromatic carbocycles. The van der Waals surface area contributed by atoms with Crippen molar-refractivity contribution >= 4 is 37.7 Å². The summed E-state index contributed by atoms with van der Waals surface area (Å²) < 4.78 is 5.97. The summed E-state index contributed by atoms with van der Waals surface area (Å²) in [5.74, 6) is 0. The van der Waals surface area contributed by atoms with Crippen LogP contribution in [0.15, 0.2) is 156 Å². The Kier molecular flexibility index (Phi) is 5.38. The summed E-state index contributed by atoms with van der Waals surface area (Å²) in [6.07, 6.45) is 0. The van der Waals surface area contributed by atoms with Gasteiger partial charge in [0, 0.05) is 48.9 Å². The Hall–Kier alpha value is -5.12. The molecule has 0 saturated heterocycles. The van der Waals surface area contributed by atoms with Gasteiger partial charge in [-0.05, 0) is 59.7 Å². The summed E-state index contributed by atoms with van der Waals surface area (Å²) in [5.41, 5.74) is 14.5. The fourth-order valence-electron chi connectivity index (χ4n) is 7.06. The van der Waals surface area contributed by atoms with Crippen molar-refractivity contribution in [3.8, 4) is 56.1 Å². The van der Waals surface area contributed by atoms with Crippen LogP contribution in [-0.2, 0) is 0 Å². The molecule has 2 aromatic heterocycles. The van der Waals surface area contributed by atoms with E-state index in [0.717, 1.165) is 15.8 Å². The predicted octanol–water partition coefficient (Wildman–Crippen LogP) is 11.3. The highest BCUT2D eigenvalue weighted by Gasteiger charge is 2.32. The third kappa shape index (κ3) is 3.52. The number of benzene rings is 6. The van der Waals surface area contributed by atoms with Gasteiger partial charge in [-0.25, -0.2) is 0 Å². The highest BCUT2D eigenvalue weighted by molar-refractivity contribution is 9.10. The molecule has 0 unspecified atom stereocenters. The molecule has 0 amide bonds. The van der Waals surface area contributed by atoms with Crippen LogP contribution in [0.1, 0.15) is 0 Å². The van der Waals surface area contributed by atoms with Gasteiger partial charge in [0.15, 0.2) is 0 Å². The van der Waals surface area contributed by atoms with Crippen LogP contribution in [0.2, 0.25) is 0 Å². The average Bonchev–Trinajstić information content (AvgIpc) is 3.58. The number of hydrogen-bond acceptors (Lipinski definition) is 0. The standard InChI is InChI=1S/C40H25BrN2/c41-26-23-24-31-34(25-26)38-33-20-10-12-22-36(33)42(27-13-3-1-4-14-27)39(38)30-18-8-7-17-29(30)37-32-19-9-11-21-35(32)43(40(31)37)28-15-5-2-6-16-28/h1-25H. The van der Waals surface area contributed by atoms with Crippen molar-refractivity contribution in [1.82, 2.24) is 9.13 Å². The molecule has 0 fully saturated rings. The molecule has 0 atom stereocenters. The van der Waals surface area contributed by atoms with Crippen LogP contribution >= 0.6 is 15.9 Å². The number of halogens is 1. The van der Waals surface area contributed by atoms with Crippen LogP contribution in [0.25, 0.3) is 77.9 Å². The quantitative estimate of drug-likeness (QED) is 0.184. The lowest BCUT2D eigenvalue weighted by Crippen LogP contribution is -2.03. The number of hydrogen-bond donors (Lipinski definition) is 0. The Bertz CT molecular complexity index is 2300. The minimum atomic E-state index is 1.06. The lowest BCUT2D eigenvalue weighted by molar-refractivity contribution is 1.13. The molecule has 0 saturated carbocycles. The van der Waals surface area contributed by atoms with Crippen LogP contribution in [0, 0.1) is 0 Å². The van der Waals surface area contributed by atoms with Crippen molar-refractivity contribution in [3.05, 3.63) is 156 Å². The van der Waals surface area contributed by atoms with Crippen LogP contribution < -0.4 is 0 Å². The van der Waals surface area contributed by atoms with Crippen LogP contribution in [0.5, 0.6) is 0 Å². The van der Waals surface area contributed by atoms with Gasteiger partial charge in [-0.2, -0.15) is 0 Å². The third-order valence-electron chi connectivity index (χ3n) is 8.74. The second-order valence-corrected chi connectivity index (χ2v) is 12.0. The van der Waals surface area contributed by atoms with Gasteiger partial charge in [-0.3, -0.25) is 0 Å². The van der Waals surface area contributed by atoms with E-state index in [-0.39, 0.29) is 0 Å². The summed E-state index contributed by atoms with van der Waals surface area (Å²) in [6, 6.07) is 54.9. The molecule has 0 spiro atoms. The molecule has 3 heteroatoms. The second kappa shape index (κ2) is 9.45. The van der Waals surface area contributed by atoms with Crippen molar-refractivity contribution in [3.63, 3.8) is 0 Å². The molecule has 9 rings (SSSR count). The van der Waals surface area contributed by atoms with Gasteiger partial charge in [-0.15, -0.1) is 0 Å². The third-order valence-corrected chi connectivity index (χ3v) is 9.23. The fourth-order valence-corrected chi connectivity index (χ4v) is 7.42. The summed E-state index contributed by atoms with van der Waals surface area (Å²) in [5, 5.41) is 2.48. The van der Waals surface area contributed by atoms with Gasteiger partial charge < -0.3 is 9.13 Å². The van der Waals surface area contributed by atoms with Gasteiger partial charge in [0.1, 0.15) is 0 Å². The fraction of sp³-hybridized carbons (Fsp3) is 0. The van der Waals surface area contributed by atoms with Crippen LogP contribution in [0.4, 0.5) is 0 Å². The Labute approximate surface area is 258 Å². The Morgan fingerprint density at radius 2 is 0.814 bits per heavy atom. The van der Waals surface area contributed by atoms with E-state index in [9.17, 15) is 0 Å². The topological polar surface area (TPSA) is 9.86 Å². The van der Waals surface area contributed by atoms with Gasteiger partial charge in [0.25, 0.3) is 0 Å². The van der Waals surface area contributed by atoms with E-state index in [1.807, 2.05) is 0 Å². The normalized spacial score (nSPS) is 11.8. The summed E-state index contributed by atoms with van der Waals surface area (Å²) >= 11 is 3.86. The van der Waals surface area contributed by atoms with E-state index in [2.05, 4.69) is 177 Å². The molecule has 0 N–H and O–H groups in total. The molecular formula is C40H25BrN2. The summed E-state index contributed by atoms with van der Waals surface area (Å²) in [7, 11) is 0. The van der Waals surface area contributed by atoms with Crippen molar-refractivity contribution in [2.75, 3.05) is 0 Å². The van der Waals surface area contributed by atoms with E-state index in [0.29, 0.717) is 0 Å². The van der Waals surface area contributed by atoms with Crippen molar-refractivity contribution in [2.45, 2.75) is 0 Å². The molecule has 2 nitrogen and oxygen atoms in total. The molecule has 1 aliphatic rings. The lowest BCUT2D eigenvalue weighted by Gasteiger charge is -2.23. The zero-order valence-electron chi connectivity index (χ0n) is 23.2. The molecule has 0 radical (unpaired) electrons. The molecular weight excluding hydrogens is 588 g/mol. The zero-order chi connectivity index (χ0) is 28.5. The lowest BCUT2D eigenvalue weighted by atomic mass is 9.84. The summed E-state index contributed by atoms with van der Waals surface area (Å²) in [4.78, 5) is 0. The molecule has 43 heavy (non-hydrogen) atoms. The number of fused-ring (bicyclic) bond motifs is 12. The predicted molar refractivity (Wildman–Crippen MR) is 183 cm³/mol. The zero-order valence-corrected chi connectivity index (χ0v) is 24.8. The average molecular weight is 614 g/mol. The van der Waals surface area contributed by atoms with Crippen molar-refractivity contribution < 1.29 is 0 Å². The van der Waals surface area contributed by atoms with E-state index < -0.39 is 0 Å². The maximum absolute atomic E-state index is 3.86. The van der Waals surface area contributed by atoms with Crippen molar-refractivity contribution in [1.29, 1.82) is 0 Å². The van der Waals surface area contributed by atoms with Gasteiger partial charge in [0.2, 0.25) is 0 Å². The maximum Gasteiger partial charge on any atom is 0.0625 e. The first-order chi connectivity index (χ1) is 21.3. The van der Waals surface area contributed by atoms with E-state index in [1.165, 1.54) is 66.6 Å². The number of rotatable bonds is 2. The molecule has 202 valence electrons. The Balaban J connectivity index is 1.56. The first-order valence-electron chi connectivity index (χ1n) is 14.6. The molecule has 8 aromatic rings. The highest BCUT2D eigenvalue weighted by Crippen LogP contribution is 2.54. The van der Waals surface area contributed by atoms with Gasteiger partial charge in [0.05, 0.1) is 22.4 Å². The van der Waals surface area contributed by atoms with Gasteiger partial charge >= 0.3 is 0 Å². The molecule has 1 aliphatic carbocycles. The van der Waals surface area contributed by atoms with E-state index >= 15 is 0 Å². The Morgan fingerprint density at radius 3 is 1.40 bits per heavy atom. The largest absolute Gasteiger partial charge is 0.309 e. The first kappa shape index (κ1) is 24.5. The number of para-hydroxylation sites is 4. The van der Waals surface area contributed by atoms with Crippen LogP contribution in [-0.4, -0.2) is 9.13 Å². The summed E-state index contributed by atoms with van der Waals surface area (Å²) in [6.45, 7) is 0. The number of aromatic nitrogens is 2. The smallest absolute Gasteiger partial charge is 0.0625 e. The van der Waals surface area contributed by atoms with E-state index in [1.54, 1.807) is 0 Å². The van der Waals surface area contributed by atoms with E-state index in [4.69, 9.17) is 0 Å². The minimum absolute atomic E-state index is 1.06. The SMILES string of the molecule is Brc1ccc2c(c1)-c1c(n(-c3ccccc3)c3ccccc13)-c1ccccc1-c1c-2n(-c2ccccc2)c2ccccc12. The highest BCUT2D eigenvalue weighted by atomic mass is 79.9. The first-order valence-corrected chi connectivity index (χ1v) is 15.4. The Morgan fingerprint density at radius 1 is 0.372 bits per heavy atom. The minimum Gasteiger partial charge on any atom is -0.309 e.